The maximum absolute atomic E-state index is 11.0. The third-order valence-corrected chi connectivity index (χ3v) is 4.10. The Hall–Kier alpha value is -2.37. The molecule has 6 nitrogen and oxygen atoms in total. The average Bonchev–Trinajstić information content (AvgIpc) is 2.92. The fourth-order valence-electron chi connectivity index (χ4n) is 2.76. The number of benzene rings is 1. The number of hydrogen-bond acceptors (Lipinski definition) is 3. The predicted molar refractivity (Wildman–Crippen MR) is 83.7 cm³/mol. The van der Waals surface area contributed by atoms with Gasteiger partial charge in [0.15, 0.2) is 0 Å². The zero-order valence-electron chi connectivity index (χ0n) is 12.6. The van der Waals surface area contributed by atoms with Crippen molar-refractivity contribution in [3.63, 3.8) is 0 Å². The first-order valence-corrected chi connectivity index (χ1v) is 7.41. The van der Waals surface area contributed by atoms with E-state index >= 15 is 0 Å². The minimum Gasteiger partial charge on any atom is -0.481 e. The van der Waals surface area contributed by atoms with Gasteiger partial charge in [-0.2, -0.15) is 5.10 Å². The van der Waals surface area contributed by atoms with Crippen molar-refractivity contribution in [2.45, 2.75) is 38.5 Å². The second-order valence-electron chi connectivity index (χ2n) is 5.67. The number of nitrogens with zero attached hydrogens (tertiary/aromatic N) is 1. The van der Waals surface area contributed by atoms with E-state index in [2.05, 4.69) is 10.5 Å². The Labute approximate surface area is 129 Å². The molecule has 0 saturated heterocycles. The number of carboxylic acid groups (broad SMARTS) is 1. The van der Waals surface area contributed by atoms with E-state index in [9.17, 15) is 9.59 Å². The van der Waals surface area contributed by atoms with Crippen LogP contribution in [-0.4, -0.2) is 22.8 Å². The SMILES string of the molecule is CC(C(=O)O)c1ccc(CC2CCC/C2=N\NC(N)=O)cc1. The number of carbonyl (C=O) groups is 2. The first-order chi connectivity index (χ1) is 10.5. The summed E-state index contributed by atoms with van der Waals surface area (Å²) in [5, 5.41) is 13.1. The van der Waals surface area contributed by atoms with E-state index < -0.39 is 17.9 Å². The Morgan fingerprint density at radius 2 is 2.09 bits per heavy atom. The number of nitrogens with two attached hydrogens (primary N) is 1. The smallest absolute Gasteiger partial charge is 0.332 e. The van der Waals surface area contributed by atoms with Crippen LogP contribution in [0.5, 0.6) is 0 Å². The van der Waals surface area contributed by atoms with Crippen LogP contribution >= 0.6 is 0 Å². The van der Waals surface area contributed by atoms with Gasteiger partial charge >= 0.3 is 12.0 Å². The van der Waals surface area contributed by atoms with Crippen LogP contribution < -0.4 is 11.2 Å². The van der Waals surface area contributed by atoms with Gasteiger partial charge in [0.05, 0.1) is 5.92 Å². The van der Waals surface area contributed by atoms with E-state index in [1.165, 1.54) is 0 Å². The normalized spacial score (nSPS) is 20.8. The molecule has 0 aromatic heterocycles. The monoisotopic (exact) mass is 303 g/mol. The van der Waals surface area contributed by atoms with Gasteiger partial charge in [0.1, 0.15) is 0 Å². The van der Waals surface area contributed by atoms with Crippen molar-refractivity contribution < 1.29 is 14.7 Å². The van der Waals surface area contributed by atoms with Crippen LogP contribution in [0.3, 0.4) is 0 Å². The van der Waals surface area contributed by atoms with Gasteiger partial charge in [-0.25, -0.2) is 10.2 Å². The minimum absolute atomic E-state index is 0.301. The van der Waals surface area contributed by atoms with Crippen LogP contribution in [0.1, 0.15) is 43.2 Å². The van der Waals surface area contributed by atoms with E-state index in [0.717, 1.165) is 42.5 Å². The summed E-state index contributed by atoms with van der Waals surface area (Å²) in [7, 11) is 0. The lowest BCUT2D eigenvalue weighted by molar-refractivity contribution is -0.138. The third-order valence-electron chi connectivity index (χ3n) is 4.10. The Morgan fingerprint density at radius 3 is 2.68 bits per heavy atom. The first-order valence-electron chi connectivity index (χ1n) is 7.41. The Kier molecular flexibility index (Phi) is 5.14. The maximum Gasteiger partial charge on any atom is 0.332 e. The van der Waals surface area contributed by atoms with E-state index in [-0.39, 0.29) is 0 Å². The van der Waals surface area contributed by atoms with E-state index in [0.29, 0.717) is 5.92 Å². The molecule has 4 N–H and O–H groups in total. The van der Waals surface area contributed by atoms with E-state index in [4.69, 9.17) is 10.8 Å². The molecule has 118 valence electrons. The summed E-state index contributed by atoms with van der Waals surface area (Å²) in [6.07, 6.45) is 3.80. The van der Waals surface area contributed by atoms with Gasteiger partial charge < -0.3 is 10.8 Å². The molecule has 0 aliphatic heterocycles. The van der Waals surface area contributed by atoms with Crippen molar-refractivity contribution in [1.29, 1.82) is 0 Å². The van der Waals surface area contributed by atoms with Crippen LogP contribution in [0.25, 0.3) is 0 Å². The fraction of sp³-hybridized carbons (Fsp3) is 0.438. The number of amides is 2. The number of rotatable bonds is 5. The summed E-state index contributed by atoms with van der Waals surface area (Å²) >= 11 is 0. The van der Waals surface area contributed by atoms with Crippen LogP contribution in [0.2, 0.25) is 0 Å². The standard InChI is InChI=1S/C16H21N3O3/c1-10(15(20)21)12-7-5-11(6-8-12)9-13-3-2-4-14(13)18-19-16(17)22/h5-8,10,13H,2-4,9H2,1H3,(H,20,21)(H3,17,19,22)/b18-14+. The number of hydrogen-bond donors (Lipinski definition) is 3. The molecule has 2 atom stereocenters. The van der Waals surface area contributed by atoms with Crippen molar-refractivity contribution >= 4 is 17.7 Å². The highest BCUT2D eigenvalue weighted by Gasteiger charge is 2.23. The lowest BCUT2D eigenvalue weighted by atomic mass is 9.94. The fourth-order valence-corrected chi connectivity index (χ4v) is 2.76. The average molecular weight is 303 g/mol. The lowest BCUT2D eigenvalue weighted by Crippen LogP contribution is -2.26. The van der Waals surface area contributed by atoms with E-state index in [1.807, 2.05) is 24.3 Å². The molecule has 1 aromatic carbocycles. The zero-order chi connectivity index (χ0) is 16.1. The van der Waals surface area contributed by atoms with Crippen LogP contribution in [-0.2, 0) is 11.2 Å². The number of carboxylic acids is 1. The molecule has 22 heavy (non-hydrogen) atoms. The summed E-state index contributed by atoms with van der Waals surface area (Å²) in [6, 6.07) is 7.01. The molecular weight excluding hydrogens is 282 g/mol. The molecule has 1 aliphatic carbocycles. The molecule has 6 heteroatoms. The second kappa shape index (κ2) is 7.06. The molecule has 0 radical (unpaired) electrons. The highest BCUT2D eigenvalue weighted by molar-refractivity contribution is 5.89. The number of hydrazone groups is 1. The van der Waals surface area contributed by atoms with Gasteiger partial charge in [0, 0.05) is 11.6 Å². The van der Waals surface area contributed by atoms with Crippen LogP contribution in [0.15, 0.2) is 29.4 Å². The number of urea groups is 1. The Bertz CT molecular complexity index is 581. The first kappa shape index (κ1) is 16.0. The Balaban J connectivity index is 2.02. The lowest BCUT2D eigenvalue weighted by Gasteiger charge is -2.12. The molecule has 0 spiro atoms. The predicted octanol–water partition coefficient (Wildman–Crippen LogP) is 2.24. The van der Waals surface area contributed by atoms with Gasteiger partial charge in [-0.05, 0) is 43.7 Å². The molecule has 1 fully saturated rings. The summed E-state index contributed by atoms with van der Waals surface area (Å²) in [6.45, 7) is 1.68. The third kappa shape index (κ3) is 4.07. The molecule has 2 amide bonds. The highest BCUT2D eigenvalue weighted by Crippen LogP contribution is 2.27. The summed E-state index contributed by atoms with van der Waals surface area (Å²) in [4.78, 5) is 21.7. The van der Waals surface area contributed by atoms with Gasteiger partial charge in [-0.3, -0.25) is 4.79 Å². The summed E-state index contributed by atoms with van der Waals surface area (Å²) < 4.78 is 0. The van der Waals surface area contributed by atoms with E-state index in [1.54, 1.807) is 6.92 Å². The minimum atomic E-state index is -0.824. The number of nitrogens with one attached hydrogen (secondary N) is 1. The summed E-state index contributed by atoms with van der Waals surface area (Å²) in [5.74, 6) is -1.03. The molecule has 1 aliphatic rings. The number of carbonyl (C=O) groups excluding carboxylic acids is 1. The topological polar surface area (TPSA) is 105 Å². The molecule has 2 unspecified atom stereocenters. The maximum atomic E-state index is 11.0. The molecular formula is C16H21N3O3. The quantitative estimate of drug-likeness (QED) is 0.726. The molecule has 0 heterocycles. The van der Waals surface area contributed by atoms with Gasteiger partial charge in [-0.15, -0.1) is 0 Å². The van der Waals surface area contributed by atoms with Crippen LogP contribution in [0, 0.1) is 5.92 Å². The highest BCUT2D eigenvalue weighted by atomic mass is 16.4. The second-order valence-corrected chi connectivity index (χ2v) is 5.67. The van der Waals surface area contributed by atoms with Crippen molar-refractivity contribution in [2.24, 2.45) is 16.8 Å². The number of primary amides is 1. The van der Waals surface area contributed by atoms with Crippen molar-refractivity contribution in [1.82, 2.24) is 5.43 Å². The Morgan fingerprint density at radius 1 is 1.41 bits per heavy atom. The van der Waals surface area contributed by atoms with Gasteiger partial charge in [0.25, 0.3) is 0 Å². The van der Waals surface area contributed by atoms with Gasteiger partial charge in [0.2, 0.25) is 0 Å². The molecule has 1 saturated carbocycles. The van der Waals surface area contributed by atoms with Crippen molar-refractivity contribution in [2.75, 3.05) is 0 Å². The molecule has 1 aromatic rings. The largest absolute Gasteiger partial charge is 0.481 e. The summed E-state index contributed by atoms with van der Waals surface area (Å²) in [5.41, 5.74) is 10.2. The molecule has 2 rings (SSSR count). The van der Waals surface area contributed by atoms with Crippen molar-refractivity contribution in [3.05, 3.63) is 35.4 Å². The van der Waals surface area contributed by atoms with Crippen LogP contribution in [0.4, 0.5) is 4.79 Å². The zero-order valence-corrected chi connectivity index (χ0v) is 12.6. The molecule has 0 bridgehead atoms. The van der Waals surface area contributed by atoms with Gasteiger partial charge in [-0.1, -0.05) is 24.3 Å². The number of aliphatic carboxylic acids is 1. The van der Waals surface area contributed by atoms with Crippen molar-refractivity contribution in [3.8, 4) is 0 Å².